The van der Waals surface area contributed by atoms with Crippen LogP contribution in [0.5, 0.6) is 11.6 Å². The Labute approximate surface area is 200 Å². The number of ether oxygens (including phenoxy) is 1. The van der Waals surface area contributed by atoms with Gasteiger partial charge in [-0.3, -0.25) is 10.2 Å². The SMILES string of the molecule is C/C(=C\C=N/C=N)c1cccnc1Oc1c(C)ccc(NC(=O)c2cccc(C(F)(F)F)c2)c1C. The zero-order valence-corrected chi connectivity index (χ0v) is 19.3. The number of hydrogen-bond donors (Lipinski definition) is 2. The molecular weight excluding hydrogens is 457 g/mol. The van der Waals surface area contributed by atoms with Gasteiger partial charge in [-0.2, -0.15) is 13.2 Å². The molecule has 1 amide bonds. The number of alkyl halides is 3. The molecule has 0 aliphatic heterocycles. The van der Waals surface area contributed by atoms with Crippen LogP contribution in [0.25, 0.3) is 5.57 Å². The Hall–Kier alpha value is -4.27. The Morgan fingerprint density at radius 1 is 1.14 bits per heavy atom. The topological polar surface area (TPSA) is 87.4 Å². The lowest BCUT2D eigenvalue weighted by molar-refractivity contribution is -0.137. The first-order valence-corrected chi connectivity index (χ1v) is 10.5. The number of nitrogens with zero attached hydrogens (tertiary/aromatic N) is 2. The standard InChI is InChI=1S/C26H23F3N4O2/c1-16(11-13-31-15-30)21-8-5-12-32-25(21)35-23-17(2)9-10-22(18(23)3)33-24(34)19-6-4-7-20(14-19)26(27,28)29/h4-15,30H,1-3H3,(H,33,34)/b16-11+,30-15?,31-13-. The van der Waals surface area contributed by atoms with Gasteiger partial charge < -0.3 is 10.1 Å². The highest BCUT2D eigenvalue weighted by Gasteiger charge is 2.31. The molecule has 0 saturated heterocycles. The summed E-state index contributed by atoms with van der Waals surface area (Å²) >= 11 is 0. The second kappa shape index (κ2) is 10.8. The highest BCUT2D eigenvalue weighted by molar-refractivity contribution is 6.05. The van der Waals surface area contributed by atoms with Gasteiger partial charge in [0.25, 0.3) is 5.91 Å². The molecule has 2 N–H and O–H groups in total. The number of carbonyl (C=O) groups excluding carboxylic acids is 1. The number of aliphatic imine (C=N–C) groups is 1. The van der Waals surface area contributed by atoms with E-state index in [0.717, 1.165) is 29.6 Å². The maximum Gasteiger partial charge on any atom is 0.416 e. The summed E-state index contributed by atoms with van der Waals surface area (Å²) in [6, 6.07) is 11.2. The first kappa shape index (κ1) is 25.4. The second-order valence-corrected chi connectivity index (χ2v) is 7.65. The molecule has 0 bridgehead atoms. The molecule has 35 heavy (non-hydrogen) atoms. The molecule has 0 atom stereocenters. The Bertz CT molecular complexity index is 1310. The predicted molar refractivity (Wildman–Crippen MR) is 131 cm³/mol. The molecule has 0 aliphatic carbocycles. The van der Waals surface area contributed by atoms with Crippen molar-refractivity contribution in [2.24, 2.45) is 4.99 Å². The summed E-state index contributed by atoms with van der Waals surface area (Å²) in [7, 11) is 0. The molecule has 2 aromatic carbocycles. The quantitative estimate of drug-likeness (QED) is 0.287. The van der Waals surface area contributed by atoms with Crippen LogP contribution in [0.2, 0.25) is 0 Å². The van der Waals surface area contributed by atoms with Gasteiger partial charge in [0.2, 0.25) is 5.88 Å². The van der Waals surface area contributed by atoms with Crippen molar-refractivity contribution >= 4 is 29.7 Å². The van der Waals surface area contributed by atoms with Crippen LogP contribution in [-0.2, 0) is 6.18 Å². The van der Waals surface area contributed by atoms with Crippen LogP contribution in [-0.4, -0.2) is 23.4 Å². The van der Waals surface area contributed by atoms with E-state index >= 15 is 0 Å². The summed E-state index contributed by atoms with van der Waals surface area (Å²) < 4.78 is 45.2. The minimum atomic E-state index is -4.55. The van der Waals surface area contributed by atoms with E-state index in [0.29, 0.717) is 28.4 Å². The summed E-state index contributed by atoms with van der Waals surface area (Å²) in [4.78, 5) is 20.8. The van der Waals surface area contributed by atoms with Crippen molar-refractivity contribution in [1.29, 1.82) is 5.41 Å². The molecule has 0 aliphatic rings. The van der Waals surface area contributed by atoms with Crippen molar-refractivity contribution in [3.8, 4) is 11.6 Å². The van der Waals surface area contributed by atoms with Gasteiger partial charge in [-0.1, -0.05) is 12.1 Å². The summed E-state index contributed by atoms with van der Waals surface area (Å²) in [5.74, 6) is 0.126. The third-order valence-corrected chi connectivity index (χ3v) is 5.18. The van der Waals surface area contributed by atoms with Gasteiger partial charge >= 0.3 is 6.18 Å². The second-order valence-electron chi connectivity index (χ2n) is 7.65. The molecular formula is C26H23F3N4O2. The Balaban J connectivity index is 1.91. The molecule has 180 valence electrons. The van der Waals surface area contributed by atoms with Gasteiger partial charge in [-0.05, 0) is 74.4 Å². The number of pyridine rings is 1. The van der Waals surface area contributed by atoms with E-state index in [4.69, 9.17) is 10.1 Å². The van der Waals surface area contributed by atoms with Crippen LogP contribution in [0.3, 0.4) is 0 Å². The number of carbonyl (C=O) groups is 1. The highest BCUT2D eigenvalue weighted by atomic mass is 19.4. The lowest BCUT2D eigenvalue weighted by atomic mass is 10.1. The third kappa shape index (κ3) is 6.20. The van der Waals surface area contributed by atoms with Crippen LogP contribution in [0.1, 0.15) is 39.5 Å². The number of anilines is 1. The fourth-order valence-corrected chi connectivity index (χ4v) is 3.31. The predicted octanol–water partition coefficient (Wildman–Crippen LogP) is 6.84. The maximum absolute atomic E-state index is 13.0. The number of hydrogen-bond acceptors (Lipinski definition) is 4. The molecule has 0 saturated carbocycles. The van der Waals surface area contributed by atoms with Gasteiger partial charge in [0.1, 0.15) is 12.1 Å². The van der Waals surface area contributed by atoms with Gasteiger partial charge in [-0.25, -0.2) is 9.98 Å². The van der Waals surface area contributed by atoms with Crippen molar-refractivity contribution in [2.75, 3.05) is 5.32 Å². The molecule has 3 rings (SSSR count). The fraction of sp³-hybridized carbons (Fsp3) is 0.154. The van der Waals surface area contributed by atoms with Crippen molar-refractivity contribution in [2.45, 2.75) is 26.9 Å². The van der Waals surface area contributed by atoms with Gasteiger partial charge in [0.15, 0.2) is 0 Å². The molecule has 0 spiro atoms. The number of nitrogens with one attached hydrogen (secondary N) is 2. The number of aryl methyl sites for hydroxylation is 1. The molecule has 0 unspecified atom stereocenters. The number of benzene rings is 2. The lowest BCUT2D eigenvalue weighted by Gasteiger charge is -2.17. The van der Waals surface area contributed by atoms with Crippen molar-refractivity contribution < 1.29 is 22.7 Å². The van der Waals surface area contributed by atoms with E-state index < -0.39 is 17.6 Å². The molecule has 1 heterocycles. The summed E-state index contributed by atoms with van der Waals surface area (Å²) in [5, 5.41) is 9.66. The Morgan fingerprint density at radius 3 is 2.63 bits per heavy atom. The largest absolute Gasteiger partial charge is 0.438 e. The summed E-state index contributed by atoms with van der Waals surface area (Å²) in [6.07, 6.45) is 1.17. The third-order valence-electron chi connectivity index (χ3n) is 5.18. The molecule has 0 fully saturated rings. The highest BCUT2D eigenvalue weighted by Crippen LogP contribution is 2.36. The van der Waals surface area contributed by atoms with Crippen molar-refractivity contribution in [3.05, 3.63) is 88.6 Å². The van der Waals surface area contributed by atoms with Crippen LogP contribution in [0.15, 0.2) is 65.8 Å². The number of rotatable bonds is 7. The van der Waals surface area contributed by atoms with E-state index in [1.807, 2.05) is 19.9 Å². The van der Waals surface area contributed by atoms with E-state index in [1.165, 1.54) is 18.3 Å². The number of aromatic nitrogens is 1. The van der Waals surface area contributed by atoms with Crippen LogP contribution in [0.4, 0.5) is 18.9 Å². The van der Waals surface area contributed by atoms with Gasteiger partial charge in [0.05, 0.1) is 5.56 Å². The zero-order valence-electron chi connectivity index (χ0n) is 19.3. The van der Waals surface area contributed by atoms with Crippen molar-refractivity contribution in [1.82, 2.24) is 4.98 Å². The molecule has 3 aromatic rings. The summed E-state index contributed by atoms with van der Waals surface area (Å²) in [5.41, 5.74) is 2.28. The first-order valence-electron chi connectivity index (χ1n) is 10.5. The monoisotopic (exact) mass is 480 g/mol. The minimum absolute atomic E-state index is 0.110. The maximum atomic E-state index is 13.0. The Kier molecular flexibility index (Phi) is 7.80. The fourth-order valence-electron chi connectivity index (χ4n) is 3.31. The smallest absolute Gasteiger partial charge is 0.416 e. The van der Waals surface area contributed by atoms with Crippen LogP contribution >= 0.6 is 0 Å². The molecule has 1 aromatic heterocycles. The molecule has 9 heteroatoms. The van der Waals surface area contributed by atoms with Crippen LogP contribution < -0.4 is 10.1 Å². The minimum Gasteiger partial charge on any atom is -0.438 e. The average Bonchev–Trinajstić information content (AvgIpc) is 2.83. The lowest BCUT2D eigenvalue weighted by Crippen LogP contribution is -2.15. The molecule has 0 radical (unpaired) electrons. The van der Waals surface area contributed by atoms with Gasteiger partial charge in [0, 0.05) is 34.8 Å². The van der Waals surface area contributed by atoms with E-state index in [9.17, 15) is 18.0 Å². The number of allylic oxidation sites excluding steroid dienone is 2. The number of halogens is 3. The van der Waals surface area contributed by atoms with E-state index in [2.05, 4.69) is 15.3 Å². The summed E-state index contributed by atoms with van der Waals surface area (Å²) in [6.45, 7) is 5.43. The molecule has 6 nitrogen and oxygen atoms in total. The van der Waals surface area contributed by atoms with E-state index in [1.54, 1.807) is 37.4 Å². The number of amides is 1. The average molecular weight is 480 g/mol. The van der Waals surface area contributed by atoms with Crippen LogP contribution in [0, 0.1) is 19.3 Å². The first-order chi connectivity index (χ1) is 16.6. The zero-order chi connectivity index (χ0) is 25.6. The normalized spacial score (nSPS) is 12.0. The van der Waals surface area contributed by atoms with Gasteiger partial charge in [-0.15, -0.1) is 0 Å². The Morgan fingerprint density at radius 2 is 1.91 bits per heavy atom. The van der Waals surface area contributed by atoms with Crippen molar-refractivity contribution in [3.63, 3.8) is 0 Å². The van der Waals surface area contributed by atoms with E-state index in [-0.39, 0.29) is 5.56 Å².